The van der Waals surface area contributed by atoms with Crippen LogP contribution in [0.4, 0.5) is 0 Å². The molecule has 0 saturated carbocycles. The minimum Gasteiger partial charge on any atom is -0.464 e. The van der Waals surface area contributed by atoms with Crippen molar-refractivity contribution in [2.45, 2.75) is 44.7 Å². The highest BCUT2D eigenvalue weighted by molar-refractivity contribution is 7.89. The molecule has 2 unspecified atom stereocenters. The highest BCUT2D eigenvalue weighted by Gasteiger charge is 2.27. The lowest BCUT2D eigenvalue weighted by atomic mass is 10.0. The Bertz CT molecular complexity index is 568. The summed E-state index contributed by atoms with van der Waals surface area (Å²) in [5.41, 5.74) is 0. The molecule has 1 fully saturated rings. The van der Waals surface area contributed by atoms with E-state index in [1.165, 1.54) is 0 Å². The molecule has 0 amide bonds. The first-order valence-corrected chi connectivity index (χ1v) is 8.83. The molecule has 1 aliphatic rings. The molecule has 2 rings (SSSR count). The van der Waals surface area contributed by atoms with E-state index in [1.54, 1.807) is 13.0 Å². The van der Waals surface area contributed by atoms with Gasteiger partial charge in [-0.1, -0.05) is 6.92 Å². The molecule has 6 nitrogen and oxygen atoms in total. The van der Waals surface area contributed by atoms with Gasteiger partial charge < -0.3 is 14.5 Å². The lowest BCUT2D eigenvalue weighted by molar-refractivity contribution is 0.107. The smallest absolute Gasteiger partial charge is 0.244 e. The summed E-state index contributed by atoms with van der Waals surface area (Å²) in [6.07, 6.45) is 0.988. The molecule has 7 heteroatoms. The van der Waals surface area contributed by atoms with Crippen LogP contribution in [0.3, 0.4) is 0 Å². The fraction of sp³-hybridized carbons (Fsp3) is 0.714. The van der Waals surface area contributed by atoms with E-state index in [0.29, 0.717) is 31.2 Å². The maximum atomic E-state index is 12.4. The molecular formula is C14H24N2O4S. The van der Waals surface area contributed by atoms with Crippen LogP contribution < -0.4 is 10.0 Å². The molecule has 2 heterocycles. The van der Waals surface area contributed by atoms with Crippen molar-refractivity contribution in [2.24, 2.45) is 5.92 Å². The predicted octanol–water partition coefficient (Wildman–Crippen LogP) is 1.40. The predicted molar refractivity (Wildman–Crippen MR) is 79.5 cm³/mol. The van der Waals surface area contributed by atoms with Crippen LogP contribution in [0.15, 0.2) is 15.4 Å². The third kappa shape index (κ3) is 4.06. The summed E-state index contributed by atoms with van der Waals surface area (Å²) in [4.78, 5) is 0.224. The number of hydrogen-bond donors (Lipinski definition) is 2. The molecule has 2 N–H and O–H groups in total. The number of sulfonamides is 1. The third-order valence-electron chi connectivity index (χ3n) is 3.83. The first-order chi connectivity index (χ1) is 9.94. The molecule has 0 bridgehead atoms. The van der Waals surface area contributed by atoms with Gasteiger partial charge in [-0.3, -0.25) is 0 Å². The van der Waals surface area contributed by atoms with Crippen molar-refractivity contribution in [2.75, 3.05) is 19.7 Å². The molecule has 120 valence electrons. The molecule has 0 aliphatic carbocycles. The molecule has 2 atom stereocenters. The quantitative estimate of drug-likeness (QED) is 0.795. The number of nitrogens with one attached hydrogen (secondary N) is 2. The van der Waals surface area contributed by atoms with E-state index in [0.717, 1.165) is 13.0 Å². The average Bonchev–Trinajstić information content (AvgIpc) is 3.00. The summed E-state index contributed by atoms with van der Waals surface area (Å²) in [6, 6.07) is 1.59. The Kier molecular flexibility index (Phi) is 5.43. The Hall–Kier alpha value is -0.890. The number of furan rings is 1. The normalized spacial score (nSPS) is 22.8. The van der Waals surface area contributed by atoms with E-state index in [4.69, 9.17) is 9.15 Å². The van der Waals surface area contributed by atoms with Gasteiger partial charge in [0, 0.05) is 25.1 Å². The molecule has 1 aromatic rings. The zero-order valence-corrected chi connectivity index (χ0v) is 13.6. The van der Waals surface area contributed by atoms with Crippen molar-refractivity contribution in [1.82, 2.24) is 10.0 Å². The van der Waals surface area contributed by atoms with E-state index < -0.39 is 10.0 Å². The minimum atomic E-state index is -3.53. The molecule has 0 aromatic carbocycles. The summed E-state index contributed by atoms with van der Waals surface area (Å²) >= 11 is 0. The van der Waals surface area contributed by atoms with Gasteiger partial charge in [0.1, 0.15) is 16.4 Å². The van der Waals surface area contributed by atoms with Crippen molar-refractivity contribution in [3.8, 4) is 0 Å². The highest BCUT2D eigenvalue weighted by atomic mass is 32.2. The maximum Gasteiger partial charge on any atom is 0.244 e. The van der Waals surface area contributed by atoms with E-state index in [2.05, 4.69) is 10.0 Å². The van der Waals surface area contributed by atoms with Crippen LogP contribution in [0.25, 0.3) is 0 Å². The fourth-order valence-corrected chi connectivity index (χ4v) is 3.76. The van der Waals surface area contributed by atoms with Crippen molar-refractivity contribution in [3.63, 3.8) is 0 Å². The van der Waals surface area contributed by atoms with Crippen LogP contribution >= 0.6 is 0 Å². The summed E-state index contributed by atoms with van der Waals surface area (Å²) in [6.45, 7) is 8.07. The second-order valence-corrected chi connectivity index (χ2v) is 7.13. The Labute approximate surface area is 126 Å². The average molecular weight is 316 g/mol. The monoisotopic (exact) mass is 316 g/mol. The van der Waals surface area contributed by atoms with E-state index >= 15 is 0 Å². The summed E-state index contributed by atoms with van der Waals surface area (Å²) < 4.78 is 38.3. The highest BCUT2D eigenvalue weighted by Crippen LogP contribution is 2.22. The molecule has 1 aromatic heterocycles. The molecule has 0 radical (unpaired) electrons. The number of aryl methyl sites for hydroxylation is 1. The van der Waals surface area contributed by atoms with Crippen LogP contribution in [0.2, 0.25) is 0 Å². The van der Waals surface area contributed by atoms with Gasteiger partial charge in [0.2, 0.25) is 10.0 Å². The van der Waals surface area contributed by atoms with Gasteiger partial charge in [-0.15, -0.1) is 0 Å². The van der Waals surface area contributed by atoms with Gasteiger partial charge in [-0.25, -0.2) is 13.1 Å². The van der Waals surface area contributed by atoms with Crippen LogP contribution in [0.5, 0.6) is 0 Å². The molecule has 0 spiro atoms. The van der Waals surface area contributed by atoms with Crippen LogP contribution in [-0.2, 0) is 21.3 Å². The van der Waals surface area contributed by atoms with E-state index in [1.807, 2.05) is 13.8 Å². The third-order valence-corrected chi connectivity index (χ3v) is 5.36. The maximum absolute atomic E-state index is 12.4. The van der Waals surface area contributed by atoms with Gasteiger partial charge in [0.15, 0.2) is 0 Å². The van der Waals surface area contributed by atoms with Gasteiger partial charge >= 0.3 is 0 Å². The summed E-state index contributed by atoms with van der Waals surface area (Å²) in [5, 5.41) is 3.11. The molecule has 1 aliphatic heterocycles. The van der Waals surface area contributed by atoms with Crippen LogP contribution in [-0.4, -0.2) is 34.2 Å². The topological polar surface area (TPSA) is 80.6 Å². The lowest BCUT2D eigenvalue weighted by Crippen LogP contribution is -2.32. The van der Waals surface area contributed by atoms with Gasteiger partial charge in [-0.2, -0.15) is 0 Å². The Balaban J connectivity index is 2.03. The minimum absolute atomic E-state index is 0.0995. The molecule has 1 saturated heterocycles. The zero-order valence-electron chi connectivity index (χ0n) is 12.8. The van der Waals surface area contributed by atoms with Gasteiger partial charge in [0.25, 0.3) is 0 Å². The summed E-state index contributed by atoms with van der Waals surface area (Å²) in [5.74, 6) is 1.28. The lowest BCUT2D eigenvalue weighted by Gasteiger charge is -2.14. The Morgan fingerprint density at radius 2 is 2.19 bits per heavy atom. The van der Waals surface area contributed by atoms with Gasteiger partial charge in [0.05, 0.1) is 12.6 Å². The second-order valence-electron chi connectivity index (χ2n) is 5.39. The van der Waals surface area contributed by atoms with Crippen molar-refractivity contribution >= 4 is 10.0 Å². The second kappa shape index (κ2) is 6.91. The zero-order chi connectivity index (χ0) is 15.5. The molecule has 21 heavy (non-hydrogen) atoms. The van der Waals surface area contributed by atoms with Crippen LogP contribution in [0, 0.1) is 12.8 Å². The molecular weight excluding hydrogens is 292 g/mol. The van der Waals surface area contributed by atoms with Crippen LogP contribution in [0.1, 0.15) is 31.8 Å². The van der Waals surface area contributed by atoms with Crippen molar-refractivity contribution in [3.05, 3.63) is 17.6 Å². The first-order valence-electron chi connectivity index (χ1n) is 7.35. The van der Waals surface area contributed by atoms with Gasteiger partial charge in [-0.05, 0) is 26.8 Å². The Morgan fingerprint density at radius 1 is 1.43 bits per heavy atom. The number of rotatable bonds is 7. The van der Waals surface area contributed by atoms with E-state index in [9.17, 15) is 8.42 Å². The standard InChI is InChI=1S/C14H24N2O4S/c1-4-15-9-13-7-14(11(3)20-13)21(17,18)16-8-12-5-6-19-10(12)2/h7,10,12,15-16H,4-6,8-9H2,1-3H3. The number of ether oxygens (including phenoxy) is 1. The first kappa shape index (κ1) is 16.5. The fourth-order valence-electron chi connectivity index (χ4n) is 2.46. The van der Waals surface area contributed by atoms with E-state index in [-0.39, 0.29) is 16.9 Å². The van der Waals surface area contributed by atoms with Crippen molar-refractivity contribution < 1.29 is 17.6 Å². The largest absolute Gasteiger partial charge is 0.464 e. The Morgan fingerprint density at radius 3 is 2.81 bits per heavy atom. The number of hydrogen-bond acceptors (Lipinski definition) is 5. The SMILES string of the molecule is CCNCc1cc(S(=O)(=O)NCC2CCOC2C)c(C)o1. The summed E-state index contributed by atoms with van der Waals surface area (Å²) in [7, 11) is -3.53. The van der Waals surface area contributed by atoms with Crippen molar-refractivity contribution in [1.29, 1.82) is 0 Å².